The summed E-state index contributed by atoms with van der Waals surface area (Å²) in [5.41, 5.74) is 3.91. The average molecular weight is 376 g/mol. The molecule has 2 N–H and O–H groups in total. The van der Waals surface area contributed by atoms with Gasteiger partial charge in [0.15, 0.2) is 5.78 Å². The number of furan rings is 1. The molecule has 0 saturated carbocycles. The van der Waals surface area contributed by atoms with Crippen molar-refractivity contribution in [1.29, 1.82) is 0 Å². The Balaban J connectivity index is 1.48. The van der Waals surface area contributed by atoms with Gasteiger partial charge in [0.25, 0.3) is 5.91 Å². The van der Waals surface area contributed by atoms with Gasteiger partial charge in [-0.1, -0.05) is 30.3 Å². The molecule has 2 aromatic heterocycles. The van der Waals surface area contributed by atoms with Crippen LogP contribution in [0.25, 0.3) is 0 Å². The minimum absolute atomic E-state index is 0.0634. The monoisotopic (exact) mass is 376 g/mol. The number of nitrogens with one attached hydrogen (secondary N) is 2. The fraction of sp³-hybridized carbons (Fsp3) is 0.304. The summed E-state index contributed by atoms with van der Waals surface area (Å²) in [5.74, 6) is 0.829. The van der Waals surface area contributed by atoms with Crippen LogP contribution in [0.15, 0.2) is 53.1 Å². The van der Waals surface area contributed by atoms with Crippen molar-refractivity contribution in [3.05, 3.63) is 82.6 Å². The molecule has 1 aliphatic rings. The molecule has 0 unspecified atom stereocenters. The largest absolute Gasteiger partial charge is 0.469 e. The van der Waals surface area contributed by atoms with E-state index in [1.54, 1.807) is 6.26 Å². The zero-order valence-corrected chi connectivity index (χ0v) is 16.0. The number of fused-ring (bicyclic) bond motifs is 1. The van der Waals surface area contributed by atoms with Gasteiger partial charge in [-0.25, -0.2) is 0 Å². The second-order valence-corrected chi connectivity index (χ2v) is 7.28. The van der Waals surface area contributed by atoms with E-state index < -0.39 is 0 Å². The van der Waals surface area contributed by atoms with Crippen LogP contribution in [0.3, 0.4) is 0 Å². The van der Waals surface area contributed by atoms with Crippen molar-refractivity contribution >= 4 is 11.7 Å². The van der Waals surface area contributed by atoms with Gasteiger partial charge in [0.1, 0.15) is 5.76 Å². The Morgan fingerprint density at radius 1 is 1.18 bits per heavy atom. The van der Waals surface area contributed by atoms with Crippen LogP contribution in [0.4, 0.5) is 0 Å². The predicted molar refractivity (Wildman–Crippen MR) is 107 cm³/mol. The molecule has 144 valence electrons. The molecule has 28 heavy (non-hydrogen) atoms. The van der Waals surface area contributed by atoms with E-state index in [4.69, 9.17) is 4.42 Å². The Bertz CT molecular complexity index is 971. The number of aromatic nitrogens is 1. The van der Waals surface area contributed by atoms with Crippen molar-refractivity contribution < 1.29 is 14.0 Å². The minimum Gasteiger partial charge on any atom is -0.469 e. The highest BCUT2D eigenvalue weighted by atomic mass is 16.3. The first kappa shape index (κ1) is 18.3. The Morgan fingerprint density at radius 3 is 2.75 bits per heavy atom. The van der Waals surface area contributed by atoms with Crippen LogP contribution in [0, 0.1) is 6.92 Å². The van der Waals surface area contributed by atoms with Crippen molar-refractivity contribution in [1.82, 2.24) is 10.3 Å². The van der Waals surface area contributed by atoms with Crippen molar-refractivity contribution in [2.45, 2.75) is 38.5 Å². The summed E-state index contributed by atoms with van der Waals surface area (Å²) in [5, 5.41) is 3.01. The number of aromatic amines is 1. The van der Waals surface area contributed by atoms with Crippen LogP contribution < -0.4 is 5.32 Å². The van der Waals surface area contributed by atoms with E-state index in [1.165, 1.54) is 0 Å². The lowest BCUT2D eigenvalue weighted by molar-refractivity contribution is 0.0927. The third kappa shape index (κ3) is 3.52. The van der Waals surface area contributed by atoms with E-state index in [9.17, 15) is 9.59 Å². The highest BCUT2D eigenvalue weighted by Gasteiger charge is 2.28. The average Bonchev–Trinajstić information content (AvgIpc) is 3.34. The molecule has 4 rings (SSSR count). The number of aryl methyl sites for hydroxylation is 2. The third-order valence-electron chi connectivity index (χ3n) is 5.41. The van der Waals surface area contributed by atoms with Crippen molar-refractivity contribution in [3.63, 3.8) is 0 Å². The lowest BCUT2D eigenvalue weighted by Crippen LogP contribution is -2.28. The molecule has 5 heteroatoms. The highest BCUT2D eigenvalue weighted by Crippen LogP contribution is 2.29. The van der Waals surface area contributed by atoms with Crippen LogP contribution in [-0.4, -0.2) is 23.2 Å². The molecule has 5 nitrogen and oxygen atoms in total. The van der Waals surface area contributed by atoms with Gasteiger partial charge in [-0.2, -0.15) is 0 Å². The standard InChI is InChI=1S/C23H24N2O3/c1-15-21(22-18(25-15)9-5-10-19(22)26)23(27)24-13-12-17(20-11-6-14-28-20)16-7-3-2-4-8-16/h2-4,6-8,11,14,17,25H,5,9-10,12-13H2,1H3,(H,24,27)/t17-/m0/s1. The second-order valence-electron chi connectivity index (χ2n) is 7.28. The number of ketones is 1. The summed E-state index contributed by atoms with van der Waals surface area (Å²) in [7, 11) is 0. The second kappa shape index (κ2) is 7.89. The smallest absolute Gasteiger partial charge is 0.253 e. The van der Waals surface area contributed by atoms with Gasteiger partial charge in [-0.05, 0) is 43.9 Å². The van der Waals surface area contributed by atoms with Crippen molar-refractivity contribution in [2.75, 3.05) is 6.54 Å². The maximum atomic E-state index is 12.8. The molecule has 0 fully saturated rings. The maximum absolute atomic E-state index is 12.8. The summed E-state index contributed by atoms with van der Waals surface area (Å²) in [6.45, 7) is 2.35. The van der Waals surface area contributed by atoms with Gasteiger partial charge >= 0.3 is 0 Å². The van der Waals surface area contributed by atoms with Crippen LogP contribution in [0.2, 0.25) is 0 Å². The number of carbonyl (C=O) groups is 2. The zero-order chi connectivity index (χ0) is 19.5. The molecule has 0 bridgehead atoms. The summed E-state index contributed by atoms with van der Waals surface area (Å²) >= 11 is 0. The first-order valence-electron chi connectivity index (χ1n) is 9.76. The van der Waals surface area contributed by atoms with Crippen LogP contribution in [0.1, 0.15) is 68.6 Å². The van der Waals surface area contributed by atoms with Gasteiger partial charge in [0.2, 0.25) is 0 Å². The molecule has 1 amide bonds. The lowest BCUT2D eigenvalue weighted by atomic mass is 9.92. The topological polar surface area (TPSA) is 75.1 Å². The van der Waals surface area contributed by atoms with Crippen LogP contribution in [0.5, 0.6) is 0 Å². The van der Waals surface area contributed by atoms with E-state index in [0.29, 0.717) is 30.5 Å². The number of Topliss-reactive ketones (excluding diaryl/α,β-unsaturated/α-hetero) is 1. The number of benzene rings is 1. The lowest BCUT2D eigenvalue weighted by Gasteiger charge is -2.16. The Hall–Kier alpha value is -3.08. The summed E-state index contributed by atoms with van der Waals surface area (Å²) in [6.07, 6.45) is 4.56. The fourth-order valence-electron chi connectivity index (χ4n) is 4.09. The number of H-pyrrole nitrogens is 1. The summed E-state index contributed by atoms with van der Waals surface area (Å²) < 4.78 is 5.63. The van der Waals surface area contributed by atoms with Gasteiger partial charge in [0, 0.05) is 30.3 Å². The molecular formula is C23H24N2O3. The molecular weight excluding hydrogens is 352 g/mol. The molecule has 1 aliphatic carbocycles. The van der Waals surface area contributed by atoms with Crippen LogP contribution >= 0.6 is 0 Å². The number of hydrogen-bond donors (Lipinski definition) is 2. The van der Waals surface area contributed by atoms with Crippen molar-refractivity contribution in [2.24, 2.45) is 0 Å². The van der Waals surface area contributed by atoms with E-state index in [2.05, 4.69) is 22.4 Å². The maximum Gasteiger partial charge on any atom is 0.253 e. The molecule has 1 aromatic carbocycles. The van der Waals surface area contributed by atoms with E-state index in [1.807, 2.05) is 37.3 Å². The number of rotatable bonds is 6. The first-order chi connectivity index (χ1) is 13.6. The van der Waals surface area contributed by atoms with Gasteiger partial charge < -0.3 is 14.7 Å². The highest BCUT2D eigenvalue weighted by molar-refractivity contribution is 6.10. The molecule has 0 aliphatic heterocycles. The van der Waals surface area contributed by atoms with Gasteiger partial charge in [-0.15, -0.1) is 0 Å². The molecule has 0 radical (unpaired) electrons. The van der Waals surface area contributed by atoms with Gasteiger partial charge in [-0.3, -0.25) is 9.59 Å². The zero-order valence-electron chi connectivity index (χ0n) is 16.0. The first-order valence-corrected chi connectivity index (χ1v) is 9.76. The molecule has 0 saturated heterocycles. The Kier molecular flexibility index (Phi) is 5.15. The molecule has 1 atom stereocenters. The Labute approximate surface area is 164 Å². The fourth-order valence-corrected chi connectivity index (χ4v) is 4.09. The SMILES string of the molecule is Cc1[nH]c2c(c1C(=O)NCC[C@@H](c1ccccc1)c1ccco1)C(=O)CCC2. The molecule has 0 spiro atoms. The Morgan fingerprint density at radius 2 is 2.00 bits per heavy atom. The van der Waals surface area contributed by atoms with Gasteiger partial charge in [0.05, 0.1) is 17.4 Å². The van der Waals surface area contributed by atoms with E-state index in [-0.39, 0.29) is 17.6 Å². The van der Waals surface area contributed by atoms with E-state index >= 15 is 0 Å². The minimum atomic E-state index is -0.184. The quantitative estimate of drug-likeness (QED) is 0.670. The number of carbonyl (C=O) groups excluding carboxylic acids is 2. The van der Waals surface area contributed by atoms with Crippen LogP contribution in [-0.2, 0) is 6.42 Å². The predicted octanol–water partition coefficient (Wildman–Crippen LogP) is 4.39. The number of hydrogen-bond acceptors (Lipinski definition) is 3. The van der Waals surface area contributed by atoms with Crippen molar-refractivity contribution in [3.8, 4) is 0 Å². The molecule has 3 aromatic rings. The normalized spacial score (nSPS) is 14.5. The number of amides is 1. The summed E-state index contributed by atoms with van der Waals surface area (Å²) in [4.78, 5) is 28.4. The van der Waals surface area contributed by atoms with E-state index in [0.717, 1.165) is 35.6 Å². The molecule has 2 heterocycles. The third-order valence-corrected chi connectivity index (χ3v) is 5.41. The summed E-state index contributed by atoms with van der Waals surface area (Å²) in [6, 6.07) is 14.0.